The van der Waals surface area contributed by atoms with Crippen LogP contribution in [0, 0.1) is 12.3 Å². The van der Waals surface area contributed by atoms with Crippen molar-refractivity contribution < 1.29 is 14.6 Å². The second-order valence-corrected chi connectivity index (χ2v) is 10.6. The number of pyridine rings is 1. The lowest BCUT2D eigenvalue weighted by Gasteiger charge is -2.28. The van der Waals surface area contributed by atoms with Crippen LogP contribution < -0.4 is 4.74 Å². The molecule has 2 aromatic rings. The van der Waals surface area contributed by atoms with Crippen LogP contribution in [-0.2, 0) is 17.9 Å². The van der Waals surface area contributed by atoms with Gasteiger partial charge in [-0.05, 0) is 59.9 Å². The van der Waals surface area contributed by atoms with E-state index in [1.807, 2.05) is 64.4 Å². The third-order valence-electron chi connectivity index (χ3n) is 6.89. The first-order valence-electron chi connectivity index (χ1n) is 15.2. The van der Waals surface area contributed by atoms with E-state index < -0.39 is 0 Å². The first kappa shape index (κ1) is 37.9. The molecule has 0 aliphatic carbocycles. The normalized spacial score (nSPS) is 17.3. The molecule has 0 bridgehead atoms. The van der Waals surface area contributed by atoms with E-state index in [0.29, 0.717) is 26.1 Å². The number of carbonyl (C=O) groups is 1. The third-order valence-corrected chi connectivity index (χ3v) is 6.89. The molecule has 1 atom stereocenters. The lowest BCUT2D eigenvalue weighted by Crippen LogP contribution is -2.30. The van der Waals surface area contributed by atoms with Crippen molar-refractivity contribution in [3.05, 3.63) is 108 Å². The van der Waals surface area contributed by atoms with Crippen molar-refractivity contribution in [2.45, 2.75) is 60.6 Å². The molecule has 0 radical (unpaired) electrons. The smallest absolute Gasteiger partial charge is 0.222 e. The van der Waals surface area contributed by atoms with Crippen LogP contribution in [0.3, 0.4) is 0 Å². The van der Waals surface area contributed by atoms with Gasteiger partial charge >= 0.3 is 0 Å². The van der Waals surface area contributed by atoms with Crippen LogP contribution in [0.25, 0.3) is 0 Å². The van der Waals surface area contributed by atoms with Crippen molar-refractivity contribution in [1.82, 2.24) is 19.7 Å². The molecular formula is C36H53N5O3. The van der Waals surface area contributed by atoms with Gasteiger partial charge in [0.05, 0.1) is 19.5 Å². The van der Waals surface area contributed by atoms with E-state index in [1.165, 1.54) is 5.56 Å². The van der Waals surface area contributed by atoms with Gasteiger partial charge in [-0.25, -0.2) is 4.99 Å². The number of aliphatic imine (C=N–C) groups is 1. The number of amides is 1. The maximum atomic E-state index is 11.7. The highest BCUT2D eigenvalue weighted by Gasteiger charge is 2.24. The number of nitrogens with zero attached hydrogens (tertiary/aromatic N) is 5. The van der Waals surface area contributed by atoms with E-state index in [-0.39, 0.29) is 17.9 Å². The largest absolute Gasteiger partial charge is 0.492 e. The van der Waals surface area contributed by atoms with Gasteiger partial charge in [-0.15, -0.1) is 0 Å². The Bertz CT molecular complexity index is 1250. The molecule has 44 heavy (non-hydrogen) atoms. The molecule has 8 heteroatoms. The lowest BCUT2D eigenvalue weighted by atomic mass is 9.79. The maximum Gasteiger partial charge on any atom is 0.222 e. The molecule has 1 aromatic heterocycles. The summed E-state index contributed by atoms with van der Waals surface area (Å²) in [6.45, 7) is 16.0. The SMILES string of the molecule is C=C/C(=C\N(C)C)C1(C)/C=C/N(Cc2cc(OCCN(C)C(=O)CC)ccc2C)C=N/C=C/C1.CC.OCc1ccncc1. The predicted octanol–water partition coefficient (Wildman–Crippen LogP) is 6.74. The molecular weight excluding hydrogens is 550 g/mol. The third kappa shape index (κ3) is 13.4. The Balaban J connectivity index is 0.000000824. The number of hydrogen-bond acceptors (Lipinski definition) is 7. The summed E-state index contributed by atoms with van der Waals surface area (Å²) in [5, 5.41) is 8.51. The quantitative estimate of drug-likeness (QED) is 0.287. The minimum atomic E-state index is -0.198. The van der Waals surface area contributed by atoms with Crippen molar-refractivity contribution in [3.63, 3.8) is 0 Å². The monoisotopic (exact) mass is 603 g/mol. The number of carbonyl (C=O) groups excluding carboxylic acids is 1. The number of rotatable bonds is 11. The molecule has 1 aromatic carbocycles. The van der Waals surface area contributed by atoms with E-state index in [1.54, 1.807) is 36.5 Å². The predicted molar refractivity (Wildman–Crippen MR) is 183 cm³/mol. The summed E-state index contributed by atoms with van der Waals surface area (Å²) in [6.07, 6.45) is 18.8. The highest BCUT2D eigenvalue weighted by molar-refractivity contribution is 5.75. The molecule has 1 unspecified atom stereocenters. The molecule has 0 fully saturated rings. The first-order valence-corrected chi connectivity index (χ1v) is 15.2. The van der Waals surface area contributed by atoms with Gasteiger partial charge in [0.15, 0.2) is 0 Å². The number of hydrogen-bond donors (Lipinski definition) is 1. The van der Waals surface area contributed by atoms with Gasteiger partial charge in [-0.1, -0.05) is 58.6 Å². The summed E-state index contributed by atoms with van der Waals surface area (Å²) in [6, 6.07) is 9.68. The zero-order valence-corrected chi connectivity index (χ0v) is 28.0. The van der Waals surface area contributed by atoms with Gasteiger partial charge in [0, 0.05) is 70.5 Å². The molecule has 8 nitrogen and oxygen atoms in total. The summed E-state index contributed by atoms with van der Waals surface area (Å²) in [4.78, 5) is 25.8. The van der Waals surface area contributed by atoms with E-state index in [2.05, 4.69) is 72.0 Å². The van der Waals surface area contributed by atoms with Gasteiger partial charge in [0.2, 0.25) is 5.91 Å². The number of aryl methyl sites for hydroxylation is 1. The second kappa shape index (κ2) is 20.7. The minimum Gasteiger partial charge on any atom is -0.492 e. The number of benzene rings is 1. The zero-order valence-electron chi connectivity index (χ0n) is 28.0. The number of aliphatic hydroxyl groups excluding tert-OH is 1. The molecule has 0 saturated heterocycles. The lowest BCUT2D eigenvalue weighted by molar-refractivity contribution is -0.129. The van der Waals surface area contributed by atoms with Crippen LogP contribution in [0.2, 0.25) is 0 Å². The average Bonchev–Trinajstić information content (AvgIpc) is 3.13. The second-order valence-electron chi connectivity index (χ2n) is 10.6. The fourth-order valence-corrected chi connectivity index (χ4v) is 4.16. The molecule has 1 aliphatic heterocycles. The summed E-state index contributed by atoms with van der Waals surface area (Å²) in [5.41, 5.74) is 4.20. The topological polar surface area (TPSA) is 81.5 Å². The minimum absolute atomic E-state index is 0.0997. The van der Waals surface area contributed by atoms with Crippen LogP contribution >= 0.6 is 0 Å². The molecule has 3 rings (SSSR count). The molecule has 1 N–H and O–H groups in total. The van der Waals surface area contributed by atoms with Crippen LogP contribution in [0.4, 0.5) is 0 Å². The molecule has 2 heterocycles. The number of aliphatic hydroxyl groups is 1. The van der Waals surface area contributed by atoms with Crippen molar-refractivity contribution in [2.75, 3.05) is 34.3 Å². The fraction of sp³-hybridized carbons (Fsp3) is 0.417. The van der Waals surface area contributed by atoms with Crippen molar-refractivity contribution >= 4 is 12.2 Å². The van der Waals surface area contributed by atoms with Crippen LogP contribution in [0.5, 0.6) is 5.75 Å². The van der Waals surface area contributed by atoms with Crippen LogP contribution in [0.1, 0.15) is 57.2 Å². The Morgan fingerprint density at radius 1 is 1.18 bits per heavy atom. The van der Waals surface area contributed by atoms with Crippen molar-refractivity contribution in [1.29, 1.82) is 0 Å². The number of allylic oxidation sites excluding steroid dienone is 4. The summed E-state index contributed by atoms with van der Waals surface area (Å²) in [5.74, 6) is 0.920. The Morgan fingerprint density at radius 3 is 2.48 bits per heavy atom. The summed E-state index contributed by atoms with van der Waals surface area (Å²) >= 11 is 0. The Labute approximate surface area is 265 Å². The Hall–Kier alpha value is -4.17. The van der Waals surface area contributed by atoms with E-state index in [0.717, 1.165) is 28.9 Å². The first-order chi connectivity index (χ1) is 21.1. The molecule has 0 spiro atoms. The average molecular weight is 604 g/mol. The van der Waals surface area contributed by atoms with Crippen LogP contribution in [-0.4, -0.2) is 71.3 Å². The molecule has 1 aliphatic rings. The Kier molecular flexibility index (Phi) is 17.8. The van der Waals surface area contributed by atoms with Gasteiger partial charge < -0.3 is 24.5 Å². The standard InChI is InChI=1S/C28H40N4O2.C6H7NO.C2H6/c1-8-25(21-30(5)6)28(4)13-10-15-29-22-32(16-14-28)20-24-19-26(12-11-23(24)3)34-18-17-31(7)27(33)9-2;8-5-6-1-3-7-4-2-6;1-2/h8,10-12,14-16,19,21-22H,1,9,13,17-18,20H2,2-7H3;1-4,8H,5H2;1-2H3/b15-10+,16-14+,25-21+,29-22?;;. The van der Waals surface area contributed by atoms with E-state index in [9.17, 15) is 4.79 Å². The number of ether oxygens (including phenoxy) is 1. The van der Waals surface area contributed by atoms with Gasteiger partial charge in [-0.3, -0.25) is 9.78 Å². The van der Waals surface area contributed by atoms with E-state index >= 15 is 0 Å². The Morgan fingerprint density at radius 2 is 1.89 bits per heavy atom. The highest BCUT2D eigenvalue weighted by atomic mass is 16.5. The van der Waals surface area contributed by atoms with Crippen LogP contribution in [0.15, 0.2) is 96.7 Å². The number of aromatic nitrogens is 1. The zero-order chi connectivity index (χ0) is 33.0. The molecule has 0 saturated carbocycles. The van der Waals surface area contributed by atoms with Gasteiger partial charge in [0.1, 0.15) is 12.4 Å². The van der Waals surface area contributed by atoms with Gasteiger partial charge in [-0.2, -0.15) is 0 Å². The molecule has 240 valence electrons. The maximum absolute atomic E-state index is 11.7. The number of likely N-dealkylation sites (N-methyl/N-ethyl adjacent to an activating group) is 1. The highest BCUT2D eigenvalue weighted by Crippen LogP contribution is 2.35. The van der Waals surface area contributed by atoms with E-state index in [4.69, 9.17) is 9.84 Å². The summed E-state index contributed by atoms with van der Waals surface area (Å²) < 4.78 is 5.94. The van der Waals surface area contributed by atoms with Crippen molar-refractivity contribution in [3.8, 4) is 5.75 Å². The fourth-order valence-electron chi connectivity index (χ4n) is 4.16. The van der Waals surface area contributed by atoms with Gasteiger partial charge in [0.25, 0.3) is 0 Å². The molecule has 1 amide bonds. The summed E-state index contributed by atoms with van der Waals surface area (Å²) in [7, 11) is 5.85. The van der Waals surface area contributed by atoms with Crippen molar-refractivity contribution in [2.24, 2.45) is 10.4 Å².